The third-order valence-corrected chi connectivity index (χ3v) is 5.01. The van der Waals surface area contributed by atoms with Crippen molar-refractivity contribution in [2.24, 2.45) is 11.1 Å². The van der Waals surface area contributed by atoms with E-state index in [9.17, 15) is 4.79 Å². The number of hydrogen-bond donors (Lipinski definition) is 1. The van der Waals surface area contributed by atoms with E-state index in [0.717, 1.165) is 37.1 Å². The molecule has 2 N–H and O–H groups in total. The van der Waals surface area contributed by atoms with Gasteiger partial charge in [0.05, 0.1) is 6.42 Å². The summed E-state index contributed by atoms with van der Waals surface area (Å²) in [5.41, 5.74) is 7.85. The topological polar surface area (TPSA) is 46.3 Å². The van der Waals surface area contributed by atoms with E-state index in [1.807, 2.05) is 29.2 Å². The normalized spacial score (nSPS) is 17.5. The highest BCUT2D eigenvalue weighted by Gasteiger charge is 2.30. The fraction of sp³-hybridized carbons (Fsp3) is 0.529. The molecule has 4 heteroatoms. The number of likely N-dealkylation sites (tertiary alicyclic amines) is 1. The lowest BCUT2D eigenvalue weighted by atomic mass is 9.78. The fourth-order valence-electron chi connectivity index (χ4n) is 2.72. The monoisotopic (exact) mass is 304 g/mol. The van der Waals surface area contributed by atoms with Gasteiger partial charge < -0.3 is 10.6 Å². The van der Waals surface area contributed by atoms with Crippen molar-refractivity contribution in [3.63, 3.8) is 0 Å². The van der Waals surface area contributed by atoms with Crippen molar-refractivity contribution in [1.82, 2.24) is 4.90 Å². The number of hydrogen-bond acceptors (Lipinski definition) is 2. The molecule has 1 fully saturated rings. The van der Waals surface area contributed by atoms with Crippen molar-refractivity contribution in [3.05, 3.63) is 35.4 Å². The van der Waals surface area contributed by atoms with Crippen molar-refractivity contribution in [3.8, 4) is 0 Å². The molecule has 0 spiro atoms. The molecule has 0 atom stereocenters. The van der Waals surface area contributed by atoms with Crippen LogP contribution >= 0.6 is 12.2 Å². The lowest BCUT2D eigenvalue weighted by Crippen LogP contribution is -2.42. The number of piperidine rings is 1. The zero-order valence-electron chi connectivity index (χ0n) is 12.9. The highest BCUT2D eigenvalue weighted by molar-refractivity contribution is 7.80. The molecule has 1 amide bonds. The molecule has 1 saturated heterocycles. The third kappa shape index (κ3) is 4.03. The van der Waals surface area contributed by atoms with Gasteiger partial charge in [-0.25, -0.2) is 0 Å². The molecule has 1 aromatic carbocycles. The lowest BCUT2D eigenvalue weighted by molar-refractivity contribution is -0.132. The van der Waals surface area contributed by atoms with Crippen LogP contribution in [0.2, 0.25) is 0 Å². The molecule has 1 aliphatic rings. The Kier molecular flexibility index (Phi) is 4.99. The van der Waals surface area contributed by atoms with E-state index < -0.39 is 0 Å². The second-order valence-corrected chi connectivity index (χ2v) is 6.72. The first-order valence-electron chi connectivity index (χ1n) is 7.60. The highest BCUT2D eigenvalue weighted by Crippen LogP contribution is 2.34. The zero-order chi connectivity index (χ0) is 15.5. The molecule has 114 valence electrons. The van der Waals surface area contributed by atoms with E-state index in [1.165, 1.54) is 6.42 Å². The first-order valence-corrected chi connectivity index (χ1v) is 8.01. The van der Waals surface area contributed by atoms with Crippen molar-refractivity contribution in [2.45, 2.75) is 39.5 Å². The first-order chi connectivity index (χ1) is 9.93. The Morgan fingerprint density at radius 2 is 1.86 bits per heavy atom. The fourth-order valence-corrected chi connectivity index (χ4v) is 2.86. The molecule has 0 radical (unpaired) electrons. The maximum absolute atomic E-state index is 12.4. The zero-order valence-corrected chi connectivity index (χ0v) is 13.7. The maximum Gasteiger partial charge on any atom is 0.226 e. The number of thiocarbonyl (C=S) groups is 1. The molecule has 0 bridgehead atoms. The summed E-state index contributed by atoms with van der Waals surface area (Å²) in [6.45, 7) is 6.33. The minimum atomic E-state index is 0.219. The van der Waals surface area contributed by atoms with E-state index in [1.54, 1.807) is 0 Å². The maximum atomic E-state index is 12.4. The van der Waals surface area contributed by atoms with Crippen LogP contribution in [0, 0.1) is 5.41 Å². The van der Waals surface area contributed by atoms with Crippen LogP contribution in [0.25, 0.3) is 0 Å². The molecule has 1 heterocycles. The number of carbonyl (C=O) groups is 1. The molecule has 0 aliphatic carbocycles. The van der Waals surface area contributed by atoms with E-state index >= 15 is 0 Å². The van der Waals surface area contributed by atoms with Gasteiger partial charge in [-0.3, -0.25) is 4.79 Å². The van der Waals surface area contributed by atoms with Crippen LogP contribution in [0.15, 0.2) is 24.3 Å². The van der Waals surface area contributed by atoms with Gasteiger partial charge in [0.25, 0.3) is 0 Å². The van der Waals surface area contributed by atoms with Crippen LogP contribution in [-0.2, 0) is 11.2 Å². The molecule has 1 aromatic rings. The van der Waals surface area contributed by atoms with Crippen LogP contribution in [-0.4, -0.2) is 28.9 Å². The average Bonchev–Trinajstić information content (AvgIpc) is 2.48. The minimum Gasteiger partial charge on any atom is -0.389 e. The van der Waals surface area contributed by atoms with Crippen LogP contribution in [0.1, 0.15) is 44.2 Å². The molecule has 3 nitrogen and oxygen atoms in total. The third-order valence-electron chi connectivity index (χ3n) is 4.77. The second kappa shape index (κ2) is 6.56. The predicted octanol–water partition coefficient (Wildman–Crippen LogP) is 2.90. The highest BCUT2D eigenvalue weighted by atomic mass is 32.1. The van der Waals surface area contributed by atoms with Crippen molar-refractivity contribution >= 4 is 23.1 Å². The second-order valence-electron chi connectivity index (χ2n) is 6.28. The van der Waals surface area contributed by atoms with E-state index in [2.05, 4.69) is 13.8 Å². The van der Waals surface area contributed by atoms with Gasteiger partial charge in [-0.05, 0) is 23.8 Å². The van der Waals surface area contributed by atoms with Crippen molar-refractivity contribution < 1.29 is 4.79 Å². The molecular weight excluding hydrogens is 280 g/mol. The standard InChI is InChI=1S/C17H24N2OS/c1-3-17(2)8-10-19(11-9-17)15(20)12-13-4-6-14(7-5-13)16(18)21/h4-7H,3,8-12H2,1-2H3,(H2,18,21). The van der Waals surface area contributed by atoms with Crippen molar-refractivity contribution in [2.75, 3.05) is 13.1 Å². The van der Waals surface area contributed by atoms with Crippen LogP contribution < -0.4 is 5.73 Å². The number of rotatable bonds is 4. The Balaban J connectivity index is 1.92. The Hall–Kier alpha value is -1.42. The van der Waals surface area contributed by atoms with E-state index in [0.29, 0.717) is 16.8 Å². The summed E-state index contributed by atoms with van der Waals surface area (Å²) in [7, 11) is 0. The van der Waals surface area contributed by atoms with Gasteiger partial charge in [0.15, 0.2) is 0 Å². The number of carbonyl (C=O) groups excluding carboxylic acids is 1. The minimum absolute atomic E-state index is 0.219. The molecule has 0 unspecified atom stereocenters. The Labute approximate surface area is 132 Å². The van der Waals surface area contributed by atoms with Gasteiger partial charge in [0.1, 0.15) is 4.99 Å². The van der Waals surface area contributed by atoms with Gasteiger partial charge in [-0.1, -0.05) is 56.8 Å². The van der Waals surface area contributed by atoms with Gasteiger partial charge >= 0.3 is 0 Å². The van der Waals surface area contributed by atoms with Gasteiger partial charge in [0, 0.05) is 18.7 Å². The molecule has 21 heavy (non-hydrogen) atoms. The summed E-state index contributed by atoms with van der Waals surface area (Å²) in [5, 5.41) is 0. The number of nitrogens with zero attached hydrogens (tertiary/aromatic N) is 1. The summed E-state index contributed by atoms with van der Waals surface area (Å²) in [6, 6.07) is 7.64. The quantitative estimate of drug-likeness (QED) is 0.870. The van der Waals surface area contributed by atoms with Gasteiger partial charge in [-0.15, -0.1) is 0 Å². The molecular formula is C17H24N2OS. The Morgan fingerprint density at radius 3 is 2.33 bits per heavy atom. The molecule has 0 saturated carbocycles. The van der Waals surface area contributed by atoms with E-state index in [-0.39, 0.29) is 5.91 Å². The van der Waals surface area contributed by atoms with Crippen LogP contribution in [0.3, 0.4) is 0 Å². The molecule has 1 aliphatic heterocycles. The summed E-state index contributed by atoms with van der Waals surface area (Å²) in [4.78, 5) is 14.8. The van der Waals surface area contributed by atoms with E-state index in [4.69, 9.17) is 18.0 Å². The first kappa shape index (κ1) is 16.0. The van der Waals surface area contributed by atoms with Crippen molar-refractivity contribution in [1.29, 1.82) is 0 Å². The molecule has 2 rings (SSSR count). The molecule has 0 aromatic heterocycles. The van der Waals surface area contributed by atoms with Gasteiger partial charge in [0.2, 0.25) is 5.91 Å². The predicted molar refractivity (Wildman–Crippen MR) is 90.2 cm³/mol. The largest absolute Gasteiger partial charge is 0.389 e. The Bertz CT molecular complexity index is 516. The Morgan fingerprint density at radius 1 is 1.29 bits per heavy atom. The van der Waals surface area contributed by atoms with Gasteiger partial charge in [-0.2, -0.15) is 0 Å². The SMILES string of the molecule is CCC1(C)CCN(C(=O)Cc2ccc(C(N)=S)cc2)CC1. The summed E-state index contributed by atoms with van der Waals surface area (Å²) in [5.74, 6) is 0.219. The summed E-state index contributed by atoms with van der Waals surface area (Å²) in [6.07, 6.45) is 3.86. The average molecular weight is 304 g/mol. The smallest absolute Gasteiger partial charge is 0.226 e. The number of amides is 1. The summed E-state index contributed by atoms with van der Waals surface area (Å²) >= 11 is 4.93. The number of benzene rings is 1. The number of nitrogens with two attached hydrogens (primary N) is 1. The summed E-state index contributed by atoms with van der Waals surface area (Å²) < 4.78 is 0. The van der Waals surface area contributed by atoms with Crippen LogP contribution in [0.4, 0.5) is 0 Å². The van der Waals surface area contributed by atoms with Crippen LogP contribution in [0.5, 0.6) is 0 Å². The lowest BCUT2D eigenvalue weighted by Gasteiger charge is -2.39.